The minimum atomic E-state index is -2.97. The van der Waals surface area contributed by atoms with E-state index in [0.29, 0.717) is 5.89 Å². The minimum Gasteiger partial charge on any atom is -0.406 e. The summed E-state index contributed by atoms with van der Waals surface area (Å²) in [6.07, 6.45) is 0. The molecule has 1 unspecified atom stereocenters. The lowest BCUT2D eigenvalue weighted by Gasteiger charge is -2.03. The number of hydrogen-bond donors (Lipinski definition) is 2. The second kappa shape index (κ2) is 5.97. The van der Waals surface area contributed by atoms with Gasteiger partial charge in [0.2, 0.25) is 5.89 Å². The maximum atomic E-state index is 11.2. The van der Waals surface area contributed by atoms with Crippen molar-refractivity contribution in [1.29, 1.82) is 0 Å². The average Bonchev–Trinajstić information content (AvgIpc) is 2.76. The summed E-state index contributed by atoms with van der Waals surface area (Å²) in [4.78, 5) is 0. The van der Waals surface area contributed by atoms with Crippen LogP contribution in [-0.2, 0) is 9.84 Å². The van der Waals surface area contributed by atoms with Gasteiger partial charge in [-0.2, -0.15) is 0 Å². The first kappa shape index (κ1) is 13.9. The highest BCUT2D eigenvalue weighted by atomic mass is 32.2. The third kappa shape index (κ3) is 4.31. The second-order valence-corrected chi connectivity index (χ2v) is 6.09. The van der Waals surface area contributed by atoms with Crippen molar-refractivity contribution >= 4 is 15.9 Å². The van der Waals surface area contributed by atoms with E-state index in [1.54, 1.807) is 14.0 Å². The topological polar surface area (TPSA) is 97.1 Å². The molecule has 0 aliphatic carbocycles. The molecule has 1 aromatic rings. The summed E-state index contributed by atoms with van der Waals surface area (Å²) in [6, 6.07) is 0.214. The van der Waals surface area contributed by atoms with Gasteiger partial charge in [0.05, 0.1) is 11.8 Å². The van der Waals surface area contributed by atoms with E-state index < -0.39 is 9.84 Å². The number of aromatic nitrogens is 2. The molecule has 0 saturated carbocycles. The average molecular weight is 262 g/mol. The molecular formula is C9H18N4O3S. The monoisotopic (exact) mass is 262 g/mol. The summed E-state index contributed by atoms with van der Waals surface area (Å²) in [7, 11) is -1.18. The highest BCUT2D eigenvalue weighted by molar-refractivity contribution is 7.91. The summed E-state index contributed by atoms with van der Waals surface area (Å²) >= 11 is 0. The molecule has 0 spiro atoms. The maximum absolute atomic E-state index is 11.2. The first-order valence-electron chi connectivity index (χ1n) is 5.43. The van der Waals surface area contributed by atoms with Crippen molar-refractivity contribution in [2.45, 2.75) is 19.9 Å². The molecule has 2 N–H and O–H groups in total. The molecule has 1 atom stereocenters. The zero-order chi connectivity index (χ0) is 12.9. The van der Waals surface area contributed by atoms with E-state index in [1.807, 2.05) is 6.92 Å². The highest BCUT2D eigenvalue weighted by Gasteiger charge is 2.12. The molecule has 0 aliphatic rings. The van der Waals surface area contributed by atoms with Crippen LogP contribution in [-0.4, -0.2) is 43.7 Å². The zero-order valence-corrected chi connectivity index (χ0v) is 11.0. The van der Waals surface area contributed by atoms with Crippen LogP contribution in [0.25, 0.3) is 0 Å². The van der Waals surface area contributed by atoms with Crippen LogP contribution in [0.4, 0.5) is 6.01 Å². The highest BCUT2D eigenvalue weighted by Crippen LogP contribution is 2.12. The predicted octanol–water partition coefficient (Wildman–Crippen LogP) is 0.197. The molecule has 0 amide bonds. The van der Waals surface area contributed by atoms with Gasteiger partial charge in [0.25, 0.3) is 0 Å². The number of nitrogens with one attached hydrogen (secondary N) is 2. The Labute approximate surface area is 101 Å². The Morgan fingerprint density at radius 2 is 2.12 bits per heavy atom. The molecule has 0 saturated heterocycles. The van der Waals surface area contributed by atoms with Gasteiger partial charge in [0.15, 0.2) is 9.84 Å². The van der Waals surface area contributed by atoms with Gasteiger partial charge in [-0.05, 0) is 14.0 Å². The minimum absolute atomic E-state index is 0.0302. The number of rotatable bonds is 7. The van der Waals surface area contributed by atoms with Gasteiger partial charge < -0.3 is 15.1 Å². The Balaban J connectivity index is 2.45. The van der Waals surface area contributed by atoms with Crippen molar-refractivity contribution < 1.29 is 12.8 Å². The van der Waals surface area contributed by atoms with Crippen LogP contribution in [0, 0.1) is 0 Å². The van der Waals surface area contributed by atoms with Gasteiger partial charge in [0.1, 0.15) is 0 Å². The van der Waals surface area contributed by atoms with Gasteiger partial charge in [-0.3, -0.25) is 0 Å². The van der Waals surface area contributed by atoms with Crippen LogP contribution >= 0.6 is 0 Å². The molecule has 0 fully saturated rings. The van der Waals surface area contributed by atoms with E-state index in [-0.39, 0.29) is 30.1 Å². The van der Waals surface area contributed by atoms with Crippen molar-refractivity contribution in [2.75, 3.05) is 30.4 Å². The second-order valence-electron chi connectivity index (χ2n) is 3.62. The van der Waals surface area contributed by atoms with E-state index in [1.165, 1.54) is 0 Å². The van der Waals surface area contributed by atoms with Gasteiger partial charge in [0, 0.05) is 12.3 Å². The van der Waals surface area contributed by atoms with Crippen LogP contribution in [0.1, 0.15) is 25.8 Å². The van der Waals surface area contributed by atoms with Crippen molar-refractivity contribution in [3.8, 4) is 0 Å². The molecule has 17 heavy (non-hydrogen) atoms. The van der Waals surface area contributed by atoms with Gasteiger partial charge in [-0.15, -0.1) is 5.10 Å². The summed E-state index contributed by atoms with van der Waals surface area (Å²) in [5, 5.41) is 13.4. The molecule has 8 heteroatoms. The fourth-order valence-corrected chi connectivity index (χ4v) is 1.76. The quantitative estimate of drug-likeness (QED) is 0.724. The Morgan fingerprint density at radius 3 is 2.71 bits per heavy atom. The fourth-order valence-electron chi connectivity index (χ4n) is 1.06. The lowest BCUT2D eigenvalue weighted by molar-refractivity contribution is 0.441. The molecule has 0 radical (unpaired) electrons. The first-order valence-corrected chi connectivity index (χ1v) is 7.25. The SMILES string of the molecule is CCS(=O)(=O)CCNc1nnc(C(C)NC)o1. The number of hydrogen-bond acceptors (Lipinski definition) is 7. The normalized spacial score (nSPS) is 13.6. The van der Waals surface area contributed by atoms with Crippen molar-refractivity contribution in [3.63, 3.8) is 0 Å². The lowest BCUT2D eigenvalue weighted by Crippen LogP contribution is -2.17. The zero-order valence-electron chi connectivity index (χ0n) is 10.2. The molecular weight excluding hydrogens is 244 g/mol. The Bertz CT molecular complexity index is 443. The lowest BCUT2D eigenvalue weighted by atomic mass is 10.3. The summed E-state index contributed by atoms with van der Waals surface area (Å²) in [5.74, 6) is 0.664. The van der Waals surface area contributed by atoms with E-state index >= 15 is 0 Å². The van der Waals surface area contributed by atoms with Crippen molar-refractivity contribution in [3.05, 3.63) is 5.89 Å². The summed E-state index contributed by atoms with van der Waals surface area (Å²) in [5.41, 5.74) is 0. The van der Waals surface area contributed by atoms with Crippen LogP contribution < -0.4 is 10.6 Å². The standard InChI is InChI=1S/C9H18N4O3S/c1-4-17(14,15)6-5-11-9-13-12-8(16-9)7(2)10-3/h7,10H,4-6H2,1-3H3,(H,11,13). The Morgan fingerprint density at radius 1 is 1.41 bits per heavy atom. The summed E-state index contributed by atoms with van der Waals surface area (Å²) in [6.45, 7) is 3.78. The van der Waals surface area contributed by atoms with E-state index in [4.69, 9.17) is 4.42 Å². The Kier molecular flexibility index (Phi) is 4.88. The number of anilines is 1. The van der Waals surface area contributed by atoms with Crippen LogP contribution in [0.15, 0.2) is 4.42 Å². The predicted molar refractivity (Wildman–Crippen MR) is 64.6 cm³/mol. The van der Waals surface area contributed by atoms with Crippen LogP contribution in [0.3, 0.4) is 0 Å². The van der Waals surface area contributed by atoms with E-state index in [9.17, 15) is 8.42 Å². The van der Waals surface area contributed by atoms with E-state index in [0.717, 1.165) is 0 Å². The molecule has 98 valence electrons. The number of sulfone groups is 1. The van der Waals surface area contributed by atoms with Gasteiger partial charge in [-0.1, -0.05) is 12.0 Å². The molecule has 0 aliphatic heterocycles. The maximum Gasteiger partial charge on any atom is 0.315 e. The first-order chi connectivity index (χ1) is 7.98. The summed E-state index contributed by atoms with van der Waals surface area (Å²) < 4.78 is 27.8. The molecule has 0 aromatic carbocycles. The van der Waals surface area contributed by atoms with E-state index in [2.05, 4.69) is 20.8 Å². The largest absolute Gasteiger partial charge is 0.406 e. The van der Waals surface area contributed by atoms with Crippen LogP contribution in [0.5, 0.6) is 0 Å². The van der Waals surface area contributed by atoms with Crippen LogP contribution in [0.2, 0.25) is 0 Å². The molecule has 1 aromatic heterocycles. The Hall–Kier alpha value is -1.15. The van der Waals surface area contributed by atoms with Crippen molar-refractivity contribution in [1.82, 2.24) is 15.5 Å². The third-order valence-electron chi connectivity index (χ3n) is 2.37. The smallest absolute Gasteiger partial charge is 0.315 e. The van der Waals surface area contributed by atoms with Gasteiger partial charge >= 0.3 is 6.01 Å². The van der Waals surface area contributed by atoms with Gasteiger partial charge in [-0.25, -0.2) is 8.42 Å². The molecule has 1 heterocycles. The third-order valence-corrected chi connectivity index (χ3v) is 4.08. The molecule has 7 nitrogen and oxygen atoms in total. The number of nitrogens with zero attached hydrogens (tertiary/aromatic N) is 2. The fraction of sp³-hybridized carbons (Fsp3) is 0.778. The molecule has 1 rings (SSSR count). The molecule has 0 bridgehead atoms. The van der Waals surface area contributed by atoms with Crippen molar-refractivity contribution in [2.24, 2.45) is 0 Å².